The molecule has 2 aliphatic heterocycles. The van der Waals surface area contributed by atoms with E-state index in [1.807, 2.05) is 70.5 Å². The standard InChI is InChI=1S/C70H82F2N10O6/c1-43(73-3)65(83)79-63(49-13-7-5-8-14-49)69(87)81-31-11-17-61(81)55-33-53(39-75-41-55)51-27-29-59(71)57(35-51)67(85)77-37-45-19-23-47(24-20-45)48-25-21-46(22-26-48)38-78-68(86)58-36-52(28-30-60(58)72)54-34-56(42-76-40-54)62-18-12-32-82(62)70(88)64(50-15-9-6-10-16-50)80-66(84)44(2)74-4/h19-30,33-36,39-44,49-50,61-64,73-74H,5-18,31-32,37-38H2,1-4H3,(H,77,85)(H,78,86)(H,79,83)(H,80,84)/t43-,44-,61-,62?,63-,64-/m0/s1. The van der Waals surface area contributed by atoms with Crippen LogP contribution >= 0.6 is 0 Å². The first-order chi connectivity index (χ1) is 42.7. The molecule has 6 aromatic rings. The molecule has 2 aromatic heterocycles. The molecule has 462 valence electrons. The molecule has 6 amide bonds. The summed E-state index contributed by atoms with van der Waals surface area (Å²) in [6.07, 6.45) is 19.8. The van der Waals surface area contributed by atoms with Crippen molar-refractivity contribution >= 4 is 35.4 Å². The van der Waals surface area contributed by atoms with Gasteiger partial charge in [0.2, 0.25) is 23.6 Å². The fourth-order valence-corrected chi connectivity index (χ4v) is 13.2. The molecular formula is C70H82F2N10O6. The number of nitrogens with zero attached hydrogens (tertiary/aromatic N) is 4. The van der Waals surface area contributed by atoms with Gasteiger partial charge in [-0.25, -0.2) is 8.78 Å². The summed E-state index contributed by atoms with van der Waals surface area (Å²) >= 11 is 0. The average Bonchev–Trinajstić information content (AvgIpc) is 4.11. The minimum Gasteiger partial charge on any atom is -0.348 e. The van der Waals surface area contributed by atoms with Gasteiger partial charge in [0.15, 0.2) is 0 Å². The third-order valence-electron chi connectivity index (χ3n) is 18.6. The Morgan fingerprint density at radius 3 is 1.22 bits per heavy atom. The highest BCUT2D eigenvalue weighted by Crippen LogP contribution is 2.39. The summed E-state index contributed by atoms with van der Waals surface area (Å²) < 4.78 is 30.8. The lowest BCUT2D eigenvalue weighted by Gasteiger charge is -2.35. The van der Waals surface area contributed by atoms with Gasteiger partial charge in [-0.3, -0.25) is 38.7 Å². The molecule has 4 aromatic carbocycles. The molecule has 2 aliphatic carbocycles. The molecule has 4 fully saturated rings. The highest BCUT2D eigenvalue weighted by molar-refractivity contribution is 5.97. The van der Waals surface area contributed by atoms with Crippen LogP contribution in [0.4, 0.5) is 8.78 Å². The average molecular weight is 1200 g/mol. The third-order valence-corrected chi connectivity index (χ3v) is 18.6. The van der Waals surface area contributed by atoms with Crippen LogP contribution in [0.25, 0.3) is 33.4 Å². The Kier molecular flexibility index (Phi) is 20.8. The normalized spacial score (nSPS) is 18.7. The molecule has 6 N–H and O–H groups in total. The Balaban J connectivity index is 0.730. The highest BCUT2D eigenvalue weighted by atomic mass is 19.1. The van der Waals surface area contributed by atoms with E-state index in [0.717, 1.165) is 123 Å². The molecule has 4 heterocycles. The van der Waals surface area contributed by atoms with Crippen molar-refractivity contribution in [2.24, 2.45) is 11.8 Å². The van der Waals surface area contributed by atoms with Crippen LogP contribution in [0, 0.1) is 23.5 Å². The van der Waals surface area contributed by atoms with Crippen LogP contribution in [0.2, 0.25) is 0 Å². The van der Waals surface area contributed by atoms with Crippen LogP contribution < -0.4 is 31.9 Å². The van der Waals surface area contributed by atoms with Crippen LogP contribution in [-0.2, 0) is 32.3 Å². The molecule has 2 saturated heterocycles. The number of carbonyl (C=O) groups excluding carboxylic acids is 6. The van der Waals surface area contributed by atoms with E-state index in [9.17, 15) is 28.8 Å². The van der Waals surface area contributed by atoms with Crippen LogP contribution in [0.1, 0.15) is 159 Å². The van der Waals surface area contributed by atoms with E-state index in [4.69, 9.17) is 0 Å². The van der Waals surface area contributed by atoms with Gasteiger partial charge < -0.3 is 41.7 Å². The van der Waals surface area contributed by atoms with Crippen molar-refractivity contribution < 1.29 is 37.5 Å². The van der Waals surface area contributed by atoms with Gasteiger partial charge in [0, 0.05) is 62.1 Å². The third kappa shape index (κ3) is 14.8. The Bertz CT molecular complexity index is 3240. The maximum atomic E-state index is 15.4. The number of likely N-dealkylation sites (N-methyl/N-ethyl adjacent to an activating group) is 2. The van der Waals surface area contributed by atoms with E-state index >= 15 is 8.78 Å². The summed E-state index contributed by atoms with van der Waals surface area (Å²) in [5, 5.41) is 17.9. The fraction of sp³-hybridized carbons (Fsp3) is 0.429. The number of nitrogens with one attached hydrogen (secondary N) is 6. The SMILES string of the molecule is CN[C@@H](C)C(=O)N[C@H](C(=O)N1CCCC1c1cncc(-c2ccc(F)c(C(=O)NCc3ccc(-c4ccc(CNC(=O)c5cc(-c6cncc([C@@H]7CCCN7C(=O)[C@@H](NC(=O)[C@H](C)NC)C7CCCCC7)c6)ccc5F)cc4)cc3)c2)c1)C1CCCCC1. The zero-order valence-corrected chi connectivity index (χ0v) is 50.9. The zero-order valence-electron chi connectivity index (χ0n) is 50.9. The van der Waals surface area contributed by atoms with E-state index < -0.39 is 47.6 Å². The highest BCUT2D eigenvalue weighted by Gasteiger charge is 2.41. The molecule has 6 atom stereocenters. The second-order valence-electron chi connectivity index (χ2n) is 24.3. The maximum Gasteiger partial charge on any atom is 0.254 e. The molecule has 0 bridgehead atoms. The summed E-state index contributed by atoms with van der Waals surface area (Å²) in [6, 6.07) is 25.4. The molecule has 1 unspecified atom stereocenters. The van der Waals surface area contributed by atoms with Crippen molar-refractivity contribution in [2.75, 3.05) is 27.2 Å². The molecular weight excluding hydrogens is 1110 g/mol. The van der Waals surface area contributed by atoms with Crippen molar-refractivity contribution in [3.05, 3.63) is 167 Å². The van der Waals surface area contributed by atoms with Gasteiger partial charge in [0.05, 0.1) is 35.3 Å². The molecule has 18 heteroatoms. The van der Waals surface area contributed by atoms with Gasteiger partial charge in [-0.1, -0.05) is 99.2 Å². The molecule has 16 nitrogen and oxygen atoms in total. The van der Waals surface area contributed by atoms with Gasteiger partial charge in [-0.15, -0.1) is 0 Å². The Morgan fingerprint density at radius 1 is 0.466 bits per heavy atom. The van der Waals surface area contributed by atoms with Crippen molar-refractivity contribution in [1.29, 1.82) is 0 Å². The number of rotatable bonds is 21. The van der Waals surface area contributed by atoms with E-state index in [0.29, 0.717) is 35.3 Å². The molecule has 10 rings (SSSR count). The van der Waals surface area contributed by atoms with E-state index in [-0.39, 0.29) is 71.8 Å². The van der Waals surface area contributed by atoms with Crippen molar-refractivity contribution in [1.82, 2.24) is 51.7 Å². The number of aromatic nitrogens is 2. The predicted octanol–water partition coefficient (Wildman–Crippen LogP) is 10.3. The first-order valence-electron chi connectivity index (χ1n) is 31.5. The number of carbonyl (C=O) groups is 6. The van der Waals surface area contributed by atoms with Crippen LogP contribution in [0.15, 0.2) is 122 Å². The first-order valence-corrected chi connectivity index (χ1v) is 31.5. The summed E-state index contributed by atoms with van der Waals surface area (Å²) in [4.78, 5) is 95.1. The van der Waals surface area contributed by atoms with Gasteiger partial charge in [0.25, 0.3) is 11.8 Å². The molecule has 88 heavy (non-hydrogen) atoms. The van der Waals surface area contributed by atoms with Crippen LogP contribution in [0.5, 0.6) is 0 Å². The number of benzene rings is 4. The second kappa shape index (κ2) is 29.2. The topological polar surface area (TPSA) is 207 Å². The summed E-state index contributed by atoms with van der Waals surface area (Å²) in [5.41, 5.74) is 7.44. The van der Waals surface area contributed by atoms with Crippen molar-refractivity contribution in [2.45, 2.75) is 153 Å². The Labute approximate surface area is 514 Å². The van der Waals surface area contributed by atoms with Crippen LogP contribution in [-0.4, -0.2) is 107 Å². The van der Waals surface area contributed by atoms with Crippen molar-refractivity contribution in [3.8, 4) is 33.4 Å². The van der Waals surface area contributed by atoms with Gasteiger partial charge in [-0.05, 0) is 172 Å². The lowest BCUT2D eigenvalue weighted by molar-refractivity contribution is -0.139. The summed E-state index contributed by atoms with van der Waals surface area (Å²) in [7, 11) is 3.45. The van der Waals surface area contributed by atoms with E-state index in [2.05, 4.69) is 41.9 Å². The number of hydrogen-bond acceptors (Lipinski definition) is 10. The smallest absolute Gasteiger partial charge is 0.254 e. The fourth-order valence-electron chi connectivity index (χ4n) is 13.2. The Hall–Kier alpha value is -8.22. The number of amides is 6. The van der Waals surface area contributed by atoms with E-state index in [1.54, 1.807) is 64.9 Å². The predicted molar refractivity (Wildman–Crippen MR) is 335 cm³/mol. The number of likely N-dealkylation sites (tertiary alicyclic amines) is 2. The lowest BCUT2D eigenvalue weighted by atomic mass is 9.83. The van der Waals surface area contributed by atoms with Gasteiger partial charge in [0.1, 0.15) is 23.7 Å². The molecule has 2 saturated carbocycles. The van der Waals surface area contributed by atoms with Gasteiger partial charge in [-0.2, -0.15) is 0 Å². The summed E-state index contributed by atoms with van der Waals surface area (Å²) in [6.45, 7) is 4.98. The lowest BCUT2D eigenvalue weighted by Crippen LogP contribution is -2.55. The minimum absolute atomic E-state index is 0.0632. The largest absolute Gasteiger partial charge is 0.348 e. The number of hydrogen-bond donors (Lipinski definition) is 6. The zero-order chi connectivity index (χ0) is 61.8. The molecule has 4 aliphatic rings. The van der Waals surface area contributed by atoms with Crippen molar-refractivity contribution in [3.63, 3.8) is 0 Å². The van der Waals surface area contributed by atoms with E-state index in [1.165, 1.54) is 24.3 Å². The number of halogens is 2. The maximum absolute atomic E-state index is 15.4. The number of pyridine rings is 2. The minimum atomic E-state index is -0.664. The van der Waals surface area contributed by atoms with Gasteiger partial charge >= 0.3 is 0 Å². The summed E-state index contributed by atoms with van der Waals surface area (Å²) in [5.74, 6) is -2.90. The molecule has 0 spiro atoms. The first kappa shape index (κ1) is 62.8. The quantitative estimate of drug-likeness (QED) is 0.0402. The monoisotopic (exact) mass is 1200 g/mol. The molecule has 0 radical (unpaired) electrons. The second-order valence-corrected chi connectivity index (χ2v) is 24.3. The van der Waals surface area contributed by atoms with Crippen LogP contribution in [0.3, 0.4) is 0 Å². The Morgan fingerprint density at radius 2 is 0.841 bits per heavy atom.